The molecule has 0 aliphatic heterocycles. The highest BCUT2D eigenvalue weighted by atomic mass is 32.2. The van der Waals surface area contributed by atoms with Crippen molar-refractivity contribution in [2.24, 2.45) is 0 Å². The molecular weight excluding hydrogens is 428 g/mol. The number of ether oxygens (including phenoxy) is 1. The molecule has 0 bridgehead atoms. The number of rotatable bonds is 7. The molecule has 0 spiro atoms. The van der Waals surface area contributed by atoms with Crippen molar-refractivity contribution in [3.8, 4) is 5.75 Å². The van der Waals surface area contributed by atoms with E-state index in [1.165, 1.54) is 12.1 Å². The zero-order valence-electron chi connectivity index (χ0n) is 17.9. The molecule has 4 aromatic rings. The Labute approximate surface area is 187 Å². The molecule has 0 radical (unpaired) electrons. The summed E-state index contributed by atoms with van der Waals surface area (Å²) < 4.78 is 20.8. The Morgan fingerprint density at radius 3 is 2.53 bits per heavy atom. The molecule has 0 saturated heterocycles. The molecule has 8 nitrogen and oxygen atoms in total. The SMILES string of the molecule is COc1c(C)cnc(CS(=O)c2nc3ccccc3n2Cc2ccc([N+](=O)[O-])cc2)c1C. The van der Waals surface area contributed by atoms with Gasteiger partial charge in [-0.2, -0.15) is 0 Å². The summed E-state index contributed by atoms with van der Waals surface area (Å²) in [4.78, 5) is 19.6. The fourth-order valence-corrected chi connectivity index (χ4v) is 4.97. The van der Waals surface area contributed by atoms with Crippen molar-refractivity contribution in [3.05, 3.63) is 87.2 Å². The van der Waals surface area contributed by atoms with Gasteiger partial charge in [0.1, 0.15) is 5.75 Å². The molecule has 32 heavy (non-hydrogen) atoms. The number of para-hydroxylation sites is 2. The van der Waals surface area contributed by atoms with Crippen LogP contribution >= 0.6 is 0 Å². The van der Waals surface area contributed by atoms with Crippen LogP contribution in [-0.2, 0) is 23.1 Å². The number of methoxy groups -OCH3 is 1. The molecule has 0 aliphatic carbocycles. The second-order valence-corrected chi connectivity index (χ2v) is 8.77. The van der Waals surface area contributed by atoms with E-state index in [-0.39, 0.29) is 11.4 Å². The van der Waals surface area contributed by atoms with Crippen LogP contribution in [0, 0.1) is 24.0 Å². The van der Waals surface area contributed by atoms with Gasteiger partial charge in [0.05, 0.1) is 51.9 Å². The van der Waals surface area contributed by atoms with Gasteiger partial charge in [-0.1, -0.05) is 24.3 Å². The first-order chi connectivity index (χ1) is 15.4. The first kappa shape index (κ1) is 21.6. The average molecular weight is 451 g/mol. The minimum Gasteiger partial charge on any atom is -0.496 e. The molecule has 0 N–H and O–H groups in total. The van der Waals surface area contributed by atoms with Crippen LogP contribution in [-0.4, -0.2) is 30.8 Å². The van der Waals surface area contributed by atoms with Crippen molar-refractivity contribution in [2.75, 3.05) is 7.11 Å². The quantitative estimate of drug-likeness (QED) is 0.307. The Hall–Kier alpha value is -3.59. The lowest BCUT2D eigenvalue weighted by Gasteiger charge is -2.13. The van der Waals surface area contributed by atoms with Gasteiger partial charge in [-0.15, -0.1) is 0 Å². The number of fused-ring (bicyclic) bond motifs is 1. The summed E-state index contributed by atoms with van der Waals surface area (Å²) in [6.07, 6.45) is 1.72. The van der Waals surface area contributed by atoms with Crippen molar-refractivity contribution in [1.29, 1.82) is 0 Å². The number of nitro benzene ring substituents is 1. The van der Waals surface area contributed by atoms with Gasteiger partial charge in [0, 0.05) is 29.5 Å². The zero-order chi connectivity index (χ0) is 22.8. The Morgan fingerprint density at radius 1 is 1.12 bits per heavy atom. The van der Waals surface area contributed by atoms with E-state index in [4.69, 9.17) is 4.74 Å². The number of aromatic nitrogens is 3. The van der Waals surface area contributed by atoms with Crippen molar-refractivity contribution >= 4 is 27.5 Å². The van der Waals surface area contributed by atoms with Crippen LogP contribution in [0.4, 0.5) is 5.69 Å². The predicted molar refractivity (Wildman–Crippen MR) is 122 cm³/mol. The van der Waals surface area contributed by atoms with Crippen molar-refractivity contribution < 1.29 is 13.9 Å². The second-order valence-electron chi connectivity index (χ2n) is 7.43. The van der Waals surface area contributed by atoms with Crippen molar-refractivity contribution in [1.82, 2.24) is 14.5 Å². The summed E-state index contributed by atoms with van der Waals surface area (Å²) in [5.74, 6) is 0.942. The number of nitrogens with zero attached hydrogens (tertiary/aromatic N) is 4. The molecule has 1 unspecified atom stereocenters. The molecule has 4 rings (SSSR count). The van der Waals surface area contributed by atoms with Crippen LogP contribution in [0.25, 0.3) is 11.0 Å². The van der Waals surface area contributed by atoms with Gasteiger partial charge < -0.3 is 9.30 Å². The highest BCUT2D eigenvalue weighted by Gasteiger charge is 2.20. The lowest BCUT2D eigenvalue weighted by atomic mass is 10.1. The maximum absolute atomic E-state index is 13.4. The minimum atomic E-state index is -1.47. The van der Waals surface area contributed by atoms with E-state index in [0.717, 1.165) is 33.5 Å². The summed E-state index contributed by atoms with van der Waals surface area (Å²) in [6, 6.07) is 13.9. The van der Waals surface area contributed by atoms with E-state index in [1.54, 1.807) is 25.4 Å². The number of aryl methyl sites for hydroxylation is 1. The summed E-state index contributed by atoms with van der Waals surface area (Å²) in [5, 5.41) is 11.4. The van der Waals surface area contributed by atoms with E-state index in [9.17, 15) is 14.3 Å². The molecular formula is C23H22N4O4S. The second kappa shape index (κ2) is 8.88. The lowest BCUT2D eigenvalue weighted by molar-refractivity contribution is -0.384. The van der Waals surface area contributed by atoms with Gasteiger partial charge in [0.25, 0.3) is 5.69 Å². The van der Waals surface area contributed by atoms with Crippen LogP contribution < -0.4 is 4.74 Å². The first-order valence-corrected chi connectivity index (χ1v) is 11.3. The van der Waals surface area contributed by atoms with Crippen LogP contribution in [0.3, 0.4) is 0 Å². The lowest BCUT2D eigenvalue weighted by Crippen LogP contribution is -2.10. The number of hydrogen-bond donors (Lipinski definition) is 0. The number of pyridine rings is 1. The number of nitro groups is 1. The fraction of sp³-hybridized carbons (Fsp3) is 0.217. The van der Waals surface area contributed by atoms with E-state index >= 15 is 0 Å². The standard InChI is InChI=1S/C23H22N4O4S/c1-15-12-24-20(16(2)22(15)31-3)14-32(30)23-25-19-6-4-5-7-21(19)26(23)13-17-8-10-18(11-9-17)27(28)29/h4-12H,13-14H2,1-3H3. The molecule has 0 aliphatic rings. The Morgan fingerprint density at radius 2 is 1.84 bits per heavy atom. The summed E-state index contributed by atoms with van der Waals surface area (Å²) in [7, 11) is 0.145. The minimum absolute atomic E-state index is 0.0305. The number of non-ortho nitro benzene ring substituents is 1. The summed E-state index contributed by atoms with van der Waals surface area (Å²) in [6.45, 7) is 4.22. The van der Waals surface area contributed by atoms with Gasteiger partial charge in [-0.05, 0) is 31.5 Å². The monoisotopic (exact) mass is 450 g/mol. The third-order valence-corrected chi connectivity index (χ3v) is 6.58. The molecule has 0 amide bonds. The molecule has 0 saturated carbocycles. The summed E-state index contributed by atoms with van der Waals surface area (Å²) in [5.41, 5.74) is 4.94. The molecule has 2 aromatic heterocycles. The predicted octanol–water partition coefficient (Wildman–Crippen LogP) is 4.32. The maximum Gasteiger partial charge on any atom is 0.269 e. The van der Waals surface area contributed by atoms with Gasteiger partial charge in [0.2, 0.25) is 5.16 Å². The van der Waals surface area contributed by atoms with Crippen molar-refractivity contribution in [2.45, 2.75) is 31.3 Å². The zero-order valence-corrected chi connectivity index (χ0v) is 18.8. The highest BCUT2D eigenvalue weighted by molar-refractivity contribution is 7.84. The highest BCUT2D eigenvalue weighted by Crippen LogP contribution is 2.27. The number of benzene rings is 2. The molecule has 0 fully saturated rings. The normalized spacial score (nSPS) is 12.1. The van der Waals surface area contributed by atoms with Crippen LogP contribution in [0.5, 0.6) is 5.75 Å². The third-order valence-electron chi connectivity index (χ3n) is 5.33. The van der Waals surface area contributed by atoms with Crippen LogP contribution in [0.15, 0.2) is 59.9 Å². The van der Waals surface area contributed by atoms with E-state index in [1.807, 2.05) is 42.7 Å². The molecule has 2 aromatic carbocycles. The maximum atomic E-state index is 13.4. The van der Waals surface area contributed by atoms with E-state index < -0.39 is 15.7 Å². The van der Waals surface area contributed by atoms with Crippen LogP contribution in [0.1, 0.15) is 22.4 Å². The Balaban J connectivity index is 1.71. The Bertz CT molecular complexity index is 1330. The molecule has 2 heterocycles. The van der Waals surface area contributed by atoms with Gasteiger partial charge in [-0.3, -0.25) is 19.3 Å². The van der Waals surface area contributed by atoms with Crippen LogP contribution in [0.2, 0.25) is 0 Å². The van der Waals surface area contributed by atoms with Gasteiger partial charge >= 0.3 is 0 Å². The van der Waals surface area contributed by atoms with E-state index in [0.29, 0.717) is 17.4 Å². The topological polar surface area (TPSA) is 100 Å². The molecule has 9 heteroatoms. The molecule has 164 valence electrons. The van der Waals surface area contributed by atoms with Gasteiger partial charge in [-0.25, -0.2) is 4.98 Å². The average Bonchev–Trinajstić information content (AvgIpc) is 3.15. The molecule has 1 atom stereocenters. The fourth-order valence-electron chi connectivity index (χ4n) is 3.69. The largest absolute Gasteiger partial charge is 0.496 e. The smallest absolute Gasteiger partial charge is 0.269 e. The van der Waals surface area contributed by atoms with Crippen molar-refractivity contribution in [3.63, 3.8) is 0 Å². The summed E-state index contributed by atoms with van der Waals surface area (Å²) >= 11 is 0. The third kappa shape index (κ3) is 4.11. The first-order valence-electron chi connectivity index (χ1n) is 9.95. The van der Waals surface area contributed by atoms with Gasteiger partial charge in [0.15, 0.2) is 0 Å². The van der Waals surface area contributed by atoms with E-state index in [2.05, 4.69) is 9.97 Å². The number of hydrogen-bond acceptors (Lipinski definition) is 6. The number of imidazole rings is 1. The Kier molecular flexibility index (Phi) is 6.00.